The van der Waals surface area contributed by atoms with Gasteiger partial charge in [0.15, 0.2) is 5.37 Å². The fourth-order valence-electron chi connectivity index (χ4n) is 1.70. The summed E-state index contributed by atoms with van der Waals surface area (Å²) in [7, 11) is 1.43. The summed E-state index contributed by atoms with van der Waals surface area (Å²) in [6.07, 6.45) is 5.56. The van der Waals surface area contributed by atoms with Crippen LogP contribution in [0.15, 0.2) is 28.9 Å². The Morgan fingerprint density at radius 1 is 1.76 bits per heavy atom. The number of hydrogen-bond acceptors (Lipinski definition) is 5. The van der Waals surface area contributed by atoms with Crippen LogP contribution in [-0.2, 0) is 9.53 Å². The van der Waals surface area contributed by atoms with Crippen LogP contribution in [0, 0.1) is 0 Å². The number of hydrogen-bond donors (Lipinski definition) is 0. The first kappa shape index (κ1) is 12.3. The Morgan fingerprint density at radius 2 is 2.65 bits per heavy atom. The van der Waals surface area contributed by atoms with Gasteiger partial charge in [0.25, 0.3) is 0 Å². The highest BCUT2D eigenvalue weighted by Crippen LogP contribution is 2.24. The molecule has 2 rings (SSSR count). The maximum Gasteiger partial charge on any atom is 0.333 e. The third-order valence-corrected chi connectivity index (χ3v) is 3.78. The Bertz CT molecular complexity index is 388. The summed E-state index contributed by atoms with van der Waals surface area (Å²) in [4.78, 5) is 13.6. The third-order valence-electron chi connectivity index (χ3n) is 2.55. The van der Waals surface area contributed by atoms with Crippen LogP contribution < -0.4 is 0 Å². The van der Waals surface area contributed by atoms with E-state index in [-0.39, 0.29) is 11.3 Å². The van der Waals surface area contributed by atoms with Gasteiger partial charge in [0, 0.05) is 18.8 Å². The lowest BCUT2D eigenvalue weighted by Gasteiger charge is -2.19. The molecule has 0 radical (unpaired) electrons. The van der Waals surface area contributed by atoms with Gasteiger partial charge in [0.05, 0.1) is 13.4 Å². The maximum absolute atomic E-state index is 11.5. The van der Waals surface area contributed by atoms with Crippen molar-refractivity contribution in [1.82, 2.24) is 4.90 Å². The van der Waals surface area contributed by atoms with Crippen molar-refractivity contribution in [1.29, 1.82) is 0 Å². The maximum atomic E-state index is 11.5. The second kappa shape index (κ2) is 5.93. The molecule has 0 bridgehead atoms. The Hall–Kier alpha value is -1.20. The predicted octanol–water partition coefficient (Wildman–Crippen LogP) is 1.84. The van der Waals surface area contributed by atoms with Crippen molar-refractivity contribution < 1.29 is 13.9 Å². The zero-order valence-electron chi connectivity index (χ0n) is 9.67. The molecule has 0 N–H and O–H groups in total. The minimum absolute atomic E-state index is 0.166. The largest absolute Gasteiger partial charge is 0.467 e. The van der Waals surface area contributed by atoms with Gasteiger partial charge in [0.1, 0.15) is 5.76 Å². The van der Waals surface area contributed by atoms with E-state index in [1.54, 1.807) is 18.0 Å². The molecule has 1 aliphatic heterocycles. The molecule has 0 aromatic carbocycles. The minimum atomic E-state index is -0.168. The molecule has 4 nitrogen and oxygen atoms in total. The van der Waals surface area contributed by atoms with Gasteiger partial charge < -0.3 is 9.15 Å². The molecular weight excluding hydrogens is 238 g/mol. The van der Waals surface area contributed by atoms with Gasteiger partial charge >= 0.3 is 5.97 Å². The van der Waals surface area contributed by atoms with Gasteiger partial charge in [-0.15, -0.1) is 11.8 Å². The highest BCUT2D eigenvalue weighted by atomic mass is 32.2. The summed E-state index contributed by atoms with van der Waals surface area (Å²) in [6, 6.07) is 3.75. The van der Waals surface area contributed by atoms with E-state index in [0.717, 1.165) is 24.6 Å². The highest BCUT2D eigenvalue weighted by molar-refractivity contribution is 8.00. The molecule has 92 valence electrons. The summed E-state index contributed by atoms with van der Waals surface area (Å²) in [6.45, 7) is 1.64. The Balaban J connectivity index is 1.88. The van der Waals surface area contributed by atoms with E-state index < -0.39 is 0 Å². The fraction of sp³-hybridized carbons (Fsp3) is 0.417. The first-order chi connectivity index (χ1) is 8.31. The number of ether oxygens (including phenoxy) is 1. The summed E-state index contributed by atoms with van der Waals surface area (Å²) in [5.41, 5.74) is 0. The van der Waals surface area contributed by atoms with Crippen molar-refractivity contribution in [3.63, 3.8) is 0 Å². The van der Waals surface area contributed by atoms with E-state index >= 15 is 0 Å². The van der Waals surface area contributed by atoms with Crippen LogP contribution in [-0.4, -0.2) is 42.2 Å². The normalized spacial score (nSPS) is 21.1. The average Bonchev–Trinajstić information content (AvgIpc) is 2.99. The first-order valence-electron chi connectivity index (χ1n) is 5.45. The van der Waals surface area contributed by atoms with E-state index in [1.165, 1.54) is 7.11 Å². The quantitative estimate of drug-likeness (QED) is 0.766. The predicted molar refractivity (Wildman–Crippen MR) is 67.6 cm³/mol. The van der Waals surface area contributed by atoms with Crippen LogP contribution in [0.1, 0.15) is 5.76 Å². The monoisotopic (exact) mass is 253 g/mol. The molecule has 5 heteroatoms. The summed E-state index contributed by atoms with van der Waals surface area (Å²) >= 11 is 1.63. The van der Waals surface area contributed by atoms with Crippen LogP contribution in [0.5, 0.6) is 0 Å². The number of methoxy groups -OCH3 is 1. The standard InChI is InChI=1S/C12H15NO3S/c1-15-12(14)11-13(7-9-17-11)6-2-4-10-5-3-8-16-10/h2-5,8,11H,6-7,9H2,1H3/b4-2-. The first-order valence-corrected chi connectivity index (χ1v) is 6.49. The molecule has 0 amide bonds. The SMILES string of the molecule is COC(=O)C1SCCN1C/C=C\c1ccco1. The fourth-order valence-corrected chi connectivity index (χ4v) is 2.90. The average molecular weight is 253 g/mol. The second-order valence-electron chi connectivity index (χ2n) is 3.66. The molecule has 2 heterocycles. The van der Waals surface area contributed by atoms with Gasteiger partial charge in [-0.25, -0.2) is 4.79 Å². The molecule has 17 heavy (non-hydrogen) atoms. The summed E-state index contributed by atoms with van der Waals surface area (Å²) in [5.74, 6) is 1.62. The minimum Gasteiger partial charge on any atom is -0.467 e. The smallest absolute Gasteiger partial charge is 0.333 e. The lowest BCUT2D eigenvalue weighted by molar-refractivity contribution is -0.142. The van der Waals surface area contributed by atoms with Crippen LogP contribution in [0.3, 0.4) is 0 Å². The molecular formula is C12H15NO3S. The molecule has 1 fully saturated rings. The number of carbonyl (C=O) groups is 1. The van der Waals surface area contributed by atoms with E-state index in [4.69, 9.17) is 9.15 Å². The van der Waals surface area contributed by atoms with Crippen molar-refractivity contribution in [3.8, 4) is 0 Å². The summed E-state index contributed by atoms with van der Waals surface area (Å²) in [5, 5.41) is -0.166. The van der Waals surface area contributed by atoms with Crippen LogP contribution in [0.25, 0.3) is 6.08 Å². The highest BCUT2D eigenvalue weighted by Gasteiger charge is 2.31. The van der Waals surface area contributed by atoms with Crippen molar-refractivity contribution in [2.45, 2.75) is 5.37 Å². The Labute approximate surface area is 105 Å². The molecule has 1 aliphatic rings. The number of furan rings is 1. The van der Waals surface area contributed by atoms with Gasteiger partial charge in [0.2, 0.25) is 0 Å². The molecule has 0 spiro atoms. The van der Waals surface area contributed by atoms with Gasteiger partial charge in [-0.3, -0.25) is 4.90 Å². The van der Waals surface area contributed by atoms with Crippen LogP contribution in [0.4, 0.5) is 0 Å². The zero-order valence-corrected chi connectivity index (χ0v) is 10.5. The number of nitrogens with zero attached hydrogens (tertiary/aromatic N) is 1. The van der Waals surface area contributed by atoms with Crippen LogP contribution >= 0.6 is 11.8 Å². The number of esters is 1. The number of thioether (sulfide) groups is 1. The second-order valence-corrected chi connectivity index (χ2v) is 4.85. The molecule has 0 aliphatic carbocycles. The number of rotatable bonds is 4. The number of carbonyl (C=O) groups excluding carboxylic acids is 1. The van der Waals surface area contributed by atoms with Gasteiger partial charge in [-0.05, 0) is 18.2 Å². The molecule has 0 saturated carbocycles. The van der Waals surface area contributed by atoms with Crippen molar-refractivity contribution in [3.05, 3.63) is 30.2 Å². The van der Waals surface area contributed by atoms with Gasteiger partial charge in [-0.2, -0.15) is 0 Å². The Kier molecular flexibility index (Phi) is 4.28. The van der Waals surface area contributed by atoms with Crippen molar-refractivity contribution >= 4 is 23.8 Å². The zero-order chi connectivity index (χ0) is 12.1. The van der Waals surface area contributed by atoms with Crippen LogP contribution in [0.2, 0.25) is 0 Å². The van der Waals surface area contributed by atoms with E-state index in [9.17, 15) is 4.79 Å². The lowest BCUT2D eigenvalue weighted by Crippen LogP contribution is -2.35. The van der Waals surface area contributed by atoms with E-state index in [0.29, 0.717) is 0 Å². The summed E-state index contributed by atoms with van der Waals surface area (Å²) < 4.78 is 9.96. The molecule has 1 saturated heterocycles. The van der Waals surface area contributed by atoms with E-state index in [2.05, 4.69) is 4.90 Å². The molecule has 1 unspecified atom stereocenters. The van der Waals surface area contributed by atoms with Crippen molar-refractivity contribution in [2.75, 3.05) is 26.0 Å². The molecule has 1 aromatic heterocycles. The topological polar surface area (TPSA) is 42.7 Å². The third kappa shape index (κ3) is 3.14. The van der Waals surface area contributed by atoms with Crippen molar-refractivity contribution in [2.24, 2.45) is 0 Å². The van der Waals surface area contributed by atoms with E-state index in [1.807, 2.05) is 24.3 Å². The molecule has 1 aromatic rings. The Morgan fingerprint density at radius 3 is 3.35 bits per heavy atom. The van der Waals surface area contributed by atoms with Gasteiger partial charge in [-0.1, -0.05) is 6.08 Å². The lowest BCUT2D eigenvalue weighted by atomic mass is 10.3. The molecule has 1 atom stereocenters.